The Labute approximate surface area is 111 Å². The lowest BCUT2D eigenvalue weighted by Crippen LogP contribution is -1.97. The zero-order valence-electron chi connectivity index (χ0n) is 10.8. The molecule has 1 N–H and O–H groups in total. The second-order valence-electron chi connectivity index (χ2n) is 4.54. The third-order valence-electron chi connectivity index (χ3n) is 3.09. The summed E-state index contributed by atoms with van der Waals surface area (Å²) in [7, 11) is 1.91. The van der Waals surface area contributed by atoms with Crippen molar-refractivity contribution in [2.24, 2.45) is 7.05 Å². The normalized spacial score (nSPS) is 14.2. The van der Waals surface area contributed by atoms with E-state index in [2.05, 4.69) is 4.98 Å². The third-order valence-corrected chi connectivity index (χ3v) is 3.09. The van der Waals surface area contributed by atoms with Crippen LogP contribution in [0.25, 0.3) is 11.4 Å². The molecule has 2 aromatic rings. The molecule has 0 radical (unpaired) electrons. The Bertz CT molecular complexity index is 592. The number of rotatable bonds is 2. The first-order chi connectivity index (χ1) is 9.28. The summed E-state index contributed by atoms with van der Waals surface area (Å²) in [4.78, 5) is 4.39. The van der Waals surface area contributed by atoms with Gasteiger partial charge in [0.15, 0.2) is 11.5 Å². The van der Waals surface area contributed by atoms with Crippen molar-refractivity contribution in [1.82, 2.24) is 9.55 Å². The molecule has 1 aliphatic heterocycles. The second-order valence-corrected chi connectivity index (χ2v) is 4.54. The third kappa shape index (κ3) is 2.29. The summed E-state index contributed by atoms with van der Waals surface area (Å²) >= 11 is 0. The molecule has 0 aliphatic carbocycles. The number of aliphatic hydroxyl groups excluding tert-OH is 1. The molecule has 1 aromatic heterocycles. The molecule has 1 aliphatic rings. The van der Waals surface area contributed by atoms with Gasteiger partial charge in [0.25, 0.3) is 0 Å². The predicted molar refractivity (Wildman–Crippen MR) is 70.2 cm³/mol. The van der Waals surface area contributed by atoms with Gasteiger partial charge in [0.1, 0.15) is 5.82 Å². The minimum atomic E-state index is -0.0572. The molecule has 5 nitrogen and oxygen atoms in total. The Balaban J connectivity index is 2.01. The Kier molecular flexibility index (Phi) is 3.13. The molecule has 0 bridgehead atoms. The molecule has 19 heavy (non-hydrogen) atoms. The Hall–Kier alpha value is -2.01. The summed E-state index contributed by atoms with van der Waals surface area (Å²) in [6.07, 6.45) is 2.71. The van der Waals surface area contributed by atoms with Crippen molar-refractivity contribution in [2.75, 3.05) is 13.2 Å². The molecule has 0 saturated carbocycles. The fraction of sp³-hybridized carbons (Fsp3) is 0.357. The van der Waals surface area contributed by atoms with Crippen LogP contribution in [0.3, 0.4) is 0 Å². The fourth-order valence-corrected chi connectivity index (χ4v) is 2.18. The van der Waals surface area contributed by atoms with Crippen LogP contribution in [0.15, 0.2) is 24.4 Å². The molecule has 0 amide bonds. The fourth-order valence-electron chi connectivity index (χ4n) is 2.18. The molecule has 0 saturated heterocycles. The van der Waals surface area contributed by atoms with Crippen molar-refractivity contribution in [3.05, 3.63) is 30.1 Å². The average Bonchev–Trinajstić information content (AvgIpc) is 2.66. The van der Waals surface area contributed by atoms with Crippen molar-refractivity contribution < 1.29 is 14.6 Å². The van der Waals surface area contributed by atoms with Crippen LogP contribution in [-0.2, 0) is 13.7 Å². The van der Waals surface area contributed by atoms with E-state index in [4.69, 9.17) is 14.6 Å². The number of benzene rings is 1. The number of aryl methyl sites for hydroxylation is 1. The molecular weight excluding hydrogens is 244 g/mol. The van der Waals surface area contributed by atoms with E-state index in [1.165, 1.54) is 0 Å². The van der Waals surface area contributed by atoms with Crippen LogP contribution in [0.5, 0.6) is 11.5 Å². The highest BCUT2D eigenvalue weighted by Crippen LogP contribution is 2.33. The van der Waals surface area contributed by atoms with Crippen LogP contribution in [-0.4, -0.2) is 27.9 Å². The van der Waals surface area contributed by atoms with E-state index in [1.54, 1.807) is 0 Å². The van der Waals surface area contributed by atoms with Crippen LogP contribution in [0, 0.1) is 0 Å². The first-order valence-electron chi connectivity index (χ1n) is 6.31. The number of nitrogens with zero attached hydrogens (tertiary/aromatic N) is 2. The van der Waals surface area contributed by atoms with E-state index >= 15 is 0 Å². The van der Waals surface area contributed by atoms with Gasteiger partial charge in [0.2, 0.25) is 0 Å². The van der Waals surface area contributed by atoms with Gasteiger partial charge >= 0.3 is 0 Å². The van der Waals surface area contributed by atoms with E-state index in [1.807, 2.05) is 36.0 Å². The summed E-state index contributed by atoms with van der Waals surface area (Å²) in [5.41, 5.74) is 1.61. The van der Waals surface area contributed by atoms with Crippen LogP contribution in [0.4, 0.5) is 0 Å². The van der Waals surface area contributed by atoms with Crippen molar-refractivity contribution in [1.29, 1.82) is 0 Å². The summed E-state index contributed by atoms with van der Waals surface area (Å²) in [6, 6.07) is 5.80. The summed E-state index contributed by atoms with van der Waals surface area (Å²) < 4.78 is 13.2. The molecule has 0 unspecified atom stereocenters. The number of aliphatic hydroxyl groups is 1. The van der Waals surface area contributed by atoms with Gasteiger partial charge in [-0.3, -0.25) is 0 Å². The van der Waals surface area contributed by atoms with E-state index in [0.29, 0.717) is 18.9 Å². The predicted octanol–water partition coefficient (Wildman–Crippen LogP) is 1.74. The van der Waals surface area contributed by atoms with Gasteiger partial charge in [-0.15, -0.1) is 0 Å². The van der Waals surface area contributed by atoms with Crippen LogP contribution in [0.1, 0.15) is 12.1 Å². The zero-order chi connectivity index (χ0) is 13.2. The molecule has 0 fully saturated rings. The standard InChI is InChI=1S/C14H16N2O3/c1-16-8-11(9-17)15-14(16)10-3-4-12-13(7-10)19-6-2-5-18-12/h3-4,7-8,17H,2,5-6,9H2,1H3. The Morgan fingerprint density at radius 2 is 2.05 bits per heavy atom. The van der Waals surface area contributed by atoms with Crippen molar-refractivity contribution >= 4 is 0 Å². The van der Waals surface area contributed by atoms with Crippen LogP contribution < -0.4 is 9.47 Å². The van der Waals surface area contributed by atoms with Gasteiger partial charge in [-0.05, 0) is 18.2 Å². The minimum absolute atomic E-state index is 0.0572. The Morgan fingerprint density at radius 1 is 1.26 bits per heavy atom. The lowest BCUT2D eigenvalue weighted by atomic mass is 10.2. The molecular formula is C14H16N2O3. The number of fused-ring (bicyclic) bond motifs is 1. The summed E-state index contributed by atoms with van der Waals surface area (Å²) in [6.45, 7) is 1.29. The summed E-state index contributed by atoms with van der Waals surface area (Å²) in [5, 5.41) is 9.13. The quantitative estimate of drug-likeness (QED) is 0.893. The highest BCUT2D eigenvalue weighted by Gasteiger charge is 2.14. The van der Waals surface area contributed by atoms with Crippen LogP contribution >= 0.6 is 0 Å². The van der Waals surface area contributed by atoms with E-state index in [0.717, 1.165) is 29.3 Å². The molecule has 0 atom stereocenters. The number of imidazole rings is 1. The first-order valence-corrected chi connectivity index (χ1v) is 6.31. The molecule has 5 heteroatoms. The maximum absolute atomic E-state index is 9.13. The minimum Gasteiger partial charge on any atom is -0.490 e. The average molecular weight is 260 g/mol. The molecule has 100 valence electrons. The largest absolute Gasteiger partial charge is 0.490 e. The van der Waals surface area contributed by atoms with Gasteiger partial charge in [-0.2, -0.15) is 0 Å². The zero-order valence-corrected chi connectivity index (χ0v) is 10.8. The van der Waals surface area contributed by atoms with Gasteiger partial charge in [0, 0.05) is 25.2 Å². The molecule has 3 rings (SSSR count). The first kappa shape index (κ1) is 12.0. The maximum atomic E-state index is 9.13. The van der Waals surface area contributed by atoms with Gasteiger partial charge in [0.05, 0.1) is 25.5 Å². The van der Waals surface area contributed by atoms with Crippen molar-refractivity contribution in [2.45, 2.75) is 13.0 Å². The van der Waals surface area contributed by atoms with E-state index < -0.39 is 0 Å². The lowest BCUT2D eigenvalue weighted by Gasteiger charge is -2.09. The lowest BCUT2D eigenvalue weighted by molar-refractivity contribution is 0.277. The Morgan fingerprint density at radius 3 is 2.79 bits per heavy atom. The number of hydrogen-bond donors (Lipinski definition) is 1. The summed E-state index contributed by atoms with van der Waals surface area (Å²) in [5.74, 6) is 2.33. The monoisotopic (exact) mass is 260 g/mol. The number of hydrogen-bond acceptors (Lipinski definition) is 4. The van der Waals surface area contributed by atoms with Crippen LogP contribution in [0.2, 0.25) is 0 Å². The second kappa shape index (κ2) is 4.93. The highest BCUT2D eigenvalue weighted by atomic mass is 16.5. The molecule has 1 aromatic carbocycles. The van der Waals surface area contributed by atoms with Gasteiger partial charge in [-0.1, -0.05) is 0 Å². The van der Waals surface area contributed by atoms with Gasteiger partial charge < -0.3 is 19.1 Å². The number of ether oxygens (including phenoxy) is 2. The van der Waals surface area contributed by atoms with Gasteiger partial charge in [-0.25, -0.2) is 4.98 Å². The molecule has 0 spiro atoms. The van der Waals surface area contributed by atoms with Crippen molar-refractivity contribution in [3.8, 4) is 22.9 Å². The SMILES string of the molecule is Cn1cc(CO)nc1-c1ccc2c(c1)OCCCO2. The highest BCUT2D eigenvalue weighted by molar-refractivity contribution is 5.62. The topological polar surface area (TPSA) is 56.5 Å². The van der Waals surface area contributed by atoms with Crippen molar-refractivity contribution in [3.63, 3.8) is 0 Å². The number of aromatic nitrogens is 2. The van der Waals surface area contributed by atoms with E-state index in [-0.39, 0.29) is 6.61 Å². The maximum Gasteiger partial charge on any atom is 0.161 e. The molecule has 2 heterocycles. The van der Waals surface area contributed by atoms with E-state index in [9.17, 15) is 0 Å². The smallest absolute Gasteiger partial charge is 0.161 e.